The van der Waals surface area contributed by atoms with Crippen LogP contribution in [0.15, 0.2) is 12.2 Å². The van der Waals surface area contributed by atoms with Gasteiger partial charge >= 0.3 is 5.97 Å². The van der Waals surface area contributed by atoms with Gasteiger partial charge in [0.25, 0.3) is 0 Å². The van der Waals surface area contributed by atoms with Crippen molar-refractivity contribution in [1.82, 2.24) is 0 Å². The number of ether oxygens (including phenoxy) is 12. The van der Waals surface area contributed by atoms with Crippen LogP contribution in [0.4, 0.5) is 0 Å². The Hall–Kier alpha value is -1.95. The molecule has 6 saturated heterocycles. The van der Waals surface area contributed by atoms with Crippen molar-refractivity contribution in [3.05, 3.63) is 12.2 Å². The average molecular weight is 1380 g/mol. The van der Waals surface area contributed by atoms with Crippen LogP contribution < -0.4 is 0 Å². The van der Waals surface area contributed by atoms with E-state index in [1.807, 2.05) is 13.8 Å². The average Bonchev–Trinajstić information content (AvgIpc) is 1.14. The van der Waals surface area contributed by atoms with E-state index >= 15 is 4.79 Å². The number of fused-ring (bicyclic) bond motifs is 7. The minimum Gasteiger partial charge on any atom is -0.432 e. The first-order valence-corrected chi connectivity index (χ1v) is 34.2. The molecule has 5 saturated carbocycles. The molecule has 0 amide bonds. The number of rotatable bonds is 17. The molecule has 11 fully saturated rings. The van der Waals surface area contributed by atoms with Gasteiger partial charge in [-0.1, -0.05) is 39.8 Å². The third kappa shape index (κ3) is 12.6. The molecule has 31 nitrogen and oxygen atoms in total. The van der Waals surface area contributed by atoms with Crippen LogP contribution in [0.1, 0.15) is 113 Å². The maximum atomic E-state index is 15.3. The number of carbonyl (C=O) groups is 1. The SMILES string of the molecule is C=C(C)[C@@H]1CC[C@@]2(C(=O)O[C@@H]3O[C@H](CO[C@@H]4O[C@H](CO)[C@@H](O[C@@H]5O[C@@H](C)[C@H](O)[C@@H](O)[C@H]5O)[C@H](O)[C@H]4O)[C@@H](O)[C@H](O)[C@H]3O)CC[C@@]3(C)[C@H](CC[C@@H]4[C@]5(C)CC[C@H](O[C@@H]6OC[C@H](O[C@@H]7O[C@H](CO)[C@@H](O)[C@H](O)[C@H]7O)[C@H](O)[C@H]6O[C@@H]6O[C@@H](C)[C@H](O)[C@@H](O)[C@H]6O)[C@](C)(CO)[C@@H]5CC[C@@]43C)[C@@H]12. The van der Waals surface area contributed by atoms with Gasteiger partial charge in [0.05, 0.1) is 56.8 Å². The Morgan fingerprint density at radius 2 is 1.02 bits per heavy atom. The van der Waals surface area contributed by atoms with E-state index in [0.717, 1.165) is 24.8 Å². The lowest BCUT2D eigenvalue weighted by molar-refractivity contribution is -0.382. The van der Waals surface area contributed by atoms with Gasteiger partial charge in [-0.05, 0) is 131 Å². The zero-order valence-corrected chi connectivity index (χ0v) is 55.4. The molecule has 0 unspecified atom stereocenters. The second kappa shape index (κ2) is 28.6. The topological polar surface area (TPSA) is 492 Å². The van der Waals surface area contributed by atoms with Crippen LogP contribution in [-0.2, 0) is 61.6 Å². The lowest BCUT2D eigenvalue weighted by Gasteiger charge is -2.73. The Kier molecular flexibility index (Phi) is 22.4. The largest absolute Gasteiger partial charge is 0.432 e. The van der Waals surface area contributed by atoms with Crippen molar-refractivity contribution in [2.75, 3.05) is 33.0 Å². The second-order valence-electron chi connectivity index (χ2n) is 30.8. The van der Waals surface area contributed by atoms with Gasteiger partial charge in [0.15, 0.2) is 31.5 Å². The molecule has 0 spiro atoms. The van der Waals surface area contributed by atoms with Crippen LogP contribution in [-0.4, -0.2) is 315 Å². The molecule has 0 bridgehead atoms. The minimum atomic E-state index is -1.93. The molecule has 96 heavy (non-hydrogen) atoms. The van der Waals surface area contributed by atoms with E-state index in [9.17, 15) is 91.9 Å². The van der Waals surface area contributed by atoms with Gasteiger partial charge in [-0.2, -0.15) is 0 Å². The number of aliphatic hydroxyl groups excluding tert-OH is 18. The van der Waals surface area contributed by atoms with Crippen LogP contribution in [0.5, 0.6) is 0 Å². The van der Waals surface area contributed by atoms with E-state index < -0.39 is 233 Å². The van der Waals surface area contributed by atoms with Crippen molar-refractivity contribution in [2.45, 2.75) is 297 Å². The molecular formula is C65H106O31. The highest BCUT2D eigenvalue weighted by Crippen LogP contribution is 2.78. The molecule has 0 aromatic rings. The number of esters is 1. The number of carbonyl (C=O) groups excluding carboxylic acids is 1. The molecular weight excluding hydrogens is 1280 g/mol. The highest BCUT2D eigenvalue weighted by Gasteiger charge is 2.73. The van der Waals surface area contributed by atoms with Gasteiger partial charge < -0.3 is 149 Å². The summed E-state index contributed by atoms with van der Waals surface area (Å²) in [5.41, 5.74) is -2.21. The summed E-state index contributed by atoms with van der Waals surface area (Å²) in [4.78, 5) is 15.3. The zero-order chi connectivity index (χ0) is 70.0. The van der Waals surface area contributed by atoms with Gasteiger partial charge in [0.1, 0.15) is 128 Å². The molecule has 0 radical (unpaired) electrons. The summed E-state index contributed by atoms with van der Waals surface area (Å²) in [6, 6.07) is 0. The maximum Gasteiger partial charge on any atom is 0.314 e. The number of hydrogen-bond donors (Lipinski definition) is 18. The normalized spacial score (nSPS) is 56.0. The Morgan fingerprint density at radius 3 is 1.61 bits per heavy atom. The summed E-state index contributed by atoms with van der Waals surface area (Å²) in [5, 5.41) is 196. The Labute approximate surface area is 556 Å². The number of allylic oxidation sites excluding steroid dienone is 1. The van der Waals surface area contributed by atoms with E-state index in [4.69, 9.17) is 56.8 Å². The summed E-state index contributed by atoms with van der Waals surface area (Å²) in [6.45, 7) is 15.3. The summed E-state index contributed by atoms with van der Waals surface area (Å²) in [5.74, 6) is -1.10. The first-order chi connectivity index (χ1) is 45.2. The first kappa shape index (κ1) is 75.2. The minimum absolute atomic E-state index is 0.0354. The highest BCUT2D eigenvalue weighted by molar-refractivity contribution is 5.78. The Bertz CT molecular complexity index is 2670. The second-order valence-corrected chi connectivity index (χ2v) is 30.8. The van der Waals surface area contributed by atoms with Gasteiger partial charge in [-0.25, -0.2) is 0 Å². The lowest BCUT2D eigenvalue weighted by Crippen LogP contribution is -2.68. The predicted molar refractivity (Wildman–Crippen MR) is 321 cm³/mol. The molecule has 11 aliphatic rings. The fraction of sp³-hybridized carbons (Fsp3) is 0.954. The molecule has 0 aromatic heterocycles. The summed E-state index contributed by atoms with van der Waals surface area (Å²) in [7, 11) is 0. The summed E-state index contributed by atoms with van der Waals surface area (Å²) < 4.78 is 71.8. The highest BCUT2D eigenvalue weighted by atomic mass is 16.8. The molecule has 5 aliphatic carbocycles. The van der Waals surface area contributed by atoms with Crippen molar-refractivity contribution in [3.63, 3.8) is 0 Å². The fourth-order valence-electron chi connectivity index (χ4n) is 19.9. The monoisotopic (exact) mass is 1380 g/mol. The van der Waals surface area contributed by atoms with Gasteiger partial charge in [0, 0.05) is 5.41 Å². The quantitative estimate of drug-likeness (QED) is 0.0369. The van der Waals surface area contributed by atoms with Crippen molar-refractivity contribution in [3.8, 4) is 0 Å². The molecule has 18 N–H and O–H groups in total. The van der Waals surface area contributed by atoms with Crippen molar-refractivity contribution >= 4 is 5.97 Å². The van der Waals surface area contributed by atoms with E-state index in [1.165, 1.54) is 13.8 Å². The Morgan fingerprint density at radius 1 is 0.479 bits per heavy atom. The molecule has 31 heteroatoms. The van der Waals surface area contributed by atoms with E-state index in [0.29, 0.717) is 44.9 Å². The van der Waals surface area contributed by atoms with Crippen molar-refractivity contribution < 1.29 is 154 Å². The van der Waals surface area contributed by atoms with Crippen LogP contribution >= 0.6 is 0 Å². The molecule has 0 aromatic carbocycles. The Balaban J connectivity index is 0.776. The van der Waals surface area contributed by atoms with Crippen molar-refractivity contribution in [2.24, 2.45) is 56.7 Å². The van der Waals surface area contributed by atoms with E-state index in [2.05, 4.69) is 27.4 Å². The van der Waals surface area contributed by atoms with Gasteiger partial charge in [0.2, 0.25) is 6.29 Å². The molecule has 6 heterocycles. The van der Waals surface area contributed by atoms with Crippen molar-refractivity contribution in [1.29, 1.82) is 0 Å². The zero-order valence-electron chi connectivity index (χ0n) is 55.4. The van der Waals surface area contributed by atoms with Gasteiger partial charge in [-0.15, -0.1) is 0 Å². The molecule has 40 atom stereocenters. The van der Waals surface area contributed by atoms with Crippen LogP contribution in [0.2, 0.25) is 0 Å². The molecule has 552 valence electrons. The van der Waals surface area contributed by atoms with E-state index in [-0.39, 0.29) is 47.0 Å². The smallest absolute Gasteiger partial charge is 0.314 e. The van der Waals surface area contributed by atoms with Gasteiger partial charge in [-0.3, -0.25) is 4.79 Å². The standard InChI is InChI=1S/C65H106O31/c1-24(2)27-11-16-65(60(84)96-58-50(82)45(77)40(72)31(91-58)21-85-54-51(83)46(78)52(30(20-67)90-54)94-55-47(79)42(74)37(69)25(3)87-55)18-17-63(7)28(36(27)65)9-10-34-61(5)14-13-35(62(6,23-68)33(61)12-15-64(34,63)8)93-59-53(95-56-48(80)43(75)38(70)26(4)88-56)41(73)32(22-86-59)92-57-49(81)44(76)39(71)29(19-66)89-57/h25-59,66-83H,1,9-23H2,2-8H3/t25-,26-,27-,28+,29+,30+,31+,32-,33+,34+,35-,36+,37-,38-,39+,40+,41-,42+,43+,44-,45-,46+,47+,48+,49+,50+,51+,52+,53+,54+,55-,56-,57-,58-,59-,61+,62+,63-,64-,65+/m0/s1. The first-order valence-electron chi connectivity index (χ1n) is 34.2. The number of aliphatic hydroxyl groups is 18. The summed E-state index contributed by atoms with van der Waals surface area (Å²) >= 11 is 0. The van der Waals surface area contributed by atoms with E-state index in [1.54, 1.807) is 0 Å². The van der Waals surface area contributed by atoms with Crippen LogP contribution in [0.3, 0.4) is 0 Å². The summed E-state index contributed by atoms with van der Waals surface area (Å²) in [6.07, 6.45) is -42.1. The van der Waals surface area contributed by atoms with Crippen LogP contribution in [0.25, 0.3) is 0 Å². The fourth-order valence-corrected chi connectivity index (χ4v) is 19.9. The lowest BCUT2D eigenvalue weighted by atomic mass is 9.32. The van der Waals surface area contributed by atoms with Crippen LogP contribution in [0, 0.1) is 56.7 Å². The predicted octanol–water partition coefficient (Wildman–Crippen LogP) is -4.86. The third-order valence-electron chi connectivity index (χ3n) is 25.8. The molecule has 11 rings (SSSR count). The maximum absolute atomic E-state index is 15.3. The molecule has 6 aliphatic heterocycles. The third-order valence-corrected chi connectivity index (χ3v) is 25.8. The number of hydrogen-bond acceptors (Lipinski definition) is 31.